The van der Waals surface area contributed by atoms with Crippen LogP contribution in [0.15, 0.2) is 34.8 Å². The third-order valence-electron chi connectivity index (χ3n) is 5.95. The van der Waals surface area contributed by atoms with Crippen molar-refractivity contribution in [1.82, 2.24) is 0 Å². The summed E-state index contributed by atoms with van der Waals surface area (Å²) < 4.78 is 10.4. The number of hydrogen-bond donors (Lipinski definition) is 2. The van der Waals surface area contributed by atoms with Crippen LogP contribution in [-0.4, -0.2) is 42.9 Å². The van der Waals surface area contributed by atoms with E-state index >= 15 is 0 Å². The van der Waals surface area contributed by atoms with E-state index in [1.54, 1.807) is 0 Å². The van der Waals surface area contributed by atoms with E-state index in [1.165, 1.54) is 25.4 Å². The fourth-order valence-electron chi connectivity index (χ4n) is 3.78. The number of hydrogen-bond acceptors (Lipinski definition) is 5. The van der Waals surface area contributed by atoms with Crippen molar-refractivity contribution < 1.29 is 24.5 Å². The van der Waals surface area contributed by atoms with Gasteiger partial charge in [-0.3, -0.25) is 4.79 Å². The molecule has 0 saturated heterocycles. The summed E-state index contributed by atoms with van der Waals surface area (Å²) >= 11 is 0. The quantitative estimate of drug-likeness (QED) is 0.463. The van der Waals surface area contributed by atoms with Crippen LogP contribution >= 0.6 is 0 Å². The van der Waals surface area contributed by atoms with E-state index < -0.39 is 6.10 Å². The third-order valence-corrected chi connectivity index (χ3v) is 5.95. The fourth-order valence-corrected chi connectivity index (χ4v) is 3.78. The van der Waals surface area contributed by atoms with Crippen LogP contribution in [0, 0.1) is 17.8 Å². The van der Waals surface area contributed by atoms with Crippen LogP contribution in [0.1, 0.15) is 66.2 Å². The summed E-state index contributed by atoms with van der Waals surface area (Å²) in [5.41, 5.74) is 2.65. The molecule has 0 aromatic rings. The minimum absolute atomic E-state index is 0.111. The zero-order chi connectivity index (χ0) is 22.0. The molecule has 0 amide bonds. The number of rotatable bonds is 12. The van der Waals surface area contributed by atoms with Crippen LogP contribution in [0.5, 0.6) is 0 Å². The molecule has 0 aromatic heterocycles. The van der Waals surface area contributed by atoms with E-state index in [0.29, 0.717) is 12.3 Å². The zero-order valence-electron chi connectivity index (χ0n) is 19.0. The van der Waals surface area contributed by atoms with Gasteiger partial charge >= 0.3 is 0 Å². The number of Topliss-reactive ketones (excluding diaryl/α,β-unsaturated/α-hetero) is 1. The van der Waals surface area contributed by atoms with Crippen LogP contribution in [0.25, 0.3) is 0 Å². The lowest BCUT2D eigenvalue weighted by atomic mass is 9.77. The van der Waals surface area contributed by atoms with Crippen LogP contribution in [0.4, 0.5) is 0 Å². The third kappa shape index (κ3) is 7.63. The summed E-state index contributed by atoms with van der Waals surface area (Å²) in [6.45, 7) is 8.45. The summed E-state index contributed by atoms with van der Waals surface area (Å²) in [6, 6.07) is 0. The average Bonchev–Trinajstić information content (AvgIpc) is 2.70. The van der Waals surface area contributed by atoms with Gasteiger partial charge in [-0.2, -0.15) is 0 Å². The highest BCUT2D eigenvalue weighted by atomic mass is 16.5. The summed E-state index contributed by atoms with van der Waals surface area (Å²) in [4.78, 5) is 12.5. The van der Waals surface area contributed by atoms with E-state index in [4.69, 9.17) is 14.6 Å². The highest BCUT2D eigenvalue weighted by molar-refractivity contribution is 5.97. The molecule has 1 rings (SSSR count). The van der Waals surface area contributed by atoms with Gasteiger partial charge < -0.3 is 19.7 Å². The van der Waals surface area contributed by atoms with Gasteiger partial charge in [0.1, 0.15) is 6.10 Å². The molecular weight excluding hydrogens is 368 g/mol. The Morgan fingerprint density at radius 2 is 1.79 bits per heavy atom. The van der Waals surface area contributed by atoms with E-state index in [2.05, 4.69) is 32.9 Å². The molecule has 1 aliphatic rings. The second-order valence-corrected chi connectivity index (χ2v) is 8.42. The van der Waals surface area contributed by atoms with E-state index in [1.807, 2.05) is 6.92 Å². The van der Waals surface area contributed by atoms with Gasteiger partial charge in [0.05, 0.1) is 14.2 Å². The van der Waals surface area contributed by atoms with Crippen LogP contribution in [-0.2, 0) is 14.3 Å². The molecule has 1 unspecified atom stereocenters. The largest absolute Gasteiger partial charge is 0.494 e. The van der Waals surface area contributed by atoms with E-state index in [0.717, 1.165) is 32.1 Å². The van der Waals surface area contributed by atoms with Crippen molar-refractivity contribution in [1.29, 1.82) is 0 Å². The summed E-state index contributed by atoms with van der Waals surface area (Å²) in [6.07, 6.45) is 9.42. The highest BCUT2D eigenvalue weighted by Crippen LogP contribution is 2.35. The molecule has 2 N–H and O–H groups in total. The minimum Gasteiger partial charge on any atom is -0.494 e. The molecule has 166 valence electrons. The Balaban J connectivity index is 2.57. The normalized spacial score (nSPS) is 24.7. The molecule has 0 fully saturated rings. The topological polar surface area (TPSA) is 76.0 Å². The van der Waals surface area contributed by atoms with Gasteiger partial charge in [-0.25, -0.2) is 0 Å². The molecule has 0 heterocycles. The predicted octanol–water partition coefficient (Wildman–Crippen LogP) is 4.55. The average molecular weight is 409 g/mol. The lowest BCUT2D eigenvalue weighted by Crippen LogP contribution is -2.40. The molecule has 0 aromatic carbocycles. The first-order chi connectivity index (χ1) is 13.8. The van der Waals surface area contributed by atoms with Crippen molar-refractivity contribution in [3.8, 4) is 0 Å². The van der Waals surface area contributed by atoms with Gasteiger partial charge in [-0.1, -0.05) is 37.1 Å². The number of methoxy groups -OCH3 is 2. The van der Waals surface area contributed by atoms with Gasteiger partial charge in [-0.05, 0) is 58.3 Å². The van der Waals surface area contributed by atoms with Gasteiger partial charge in [-0.15, -0.1) is 0 Å². The van der Waals surface area contributed by atoms with Crippen molar-refractivity contribution in [2.75, 3.05) is 20.8 Å². The van der Waals surface area contributed by atoms with Crippen molar-refractivity contribution in [2.45, 2.75) is 72.3 Å². The number of aliphatic hydroxyl groups excluding tert-OH is 2. The Morgan fingerprint density at radius 3 is 2.38 bits per heavy atom. The monoisotopic (exact) mass is 408 g/mol. The lowest BCUT2D eigenvalue weighted by Gasteiger charge is -2.33. The molecule has 4 atom stereocenters. The Kier molecular flexibility index (Phi) is 11.3. The molecule has 0 bridgehead atoms. The zero-order valence-corrected chi connectivity index (χ0v) is 19.0. The second-order valence-electron chi connectivity index (χ2n) is 8.42. The van der Waals surface area contributed by atoms with Crippen molar-refractivity contribution in [3.05, 3.63) is 34.8 Å². The molecule has 0 radical (unpaired) electrons. The molecule has 1 aliphatic carbocycles. The molecule has 0 aliphatic heterocycles. The Labute approximate surface area is 176 Å². The number of ether oxygens (including phenoxy) is 2. The van der Waals surface area contributed by atoms with E-state index in [9.17, 15) is 9.90 Å². The first-order valence-corrected chi connectivity index (χ1v) is 10.7. The maximum absolute atomic E-state index is 12.5. The van der Waals surface area contributed by atoms with Gasteiger partial charge in [0.25, 0.3) is 0 Å². The van der Waals surface area contributed by atoms with Crippen molar-refractivity contribution >= 4 is 5.78 Å². The number of carbonyl (C=O) groups is 1. The van der Waals surface area contributed by atoms with Crippen LogP contribution in [0.3, 0.4) is 0 Å². The highest BCUT2D eigenvalue weighted by Gasteiger charge is 2.42. The van der Waals surface area contributed by atoms with Crippen molar-refractivity contribution in [2.24, 2.45) is 17.8 Å². The standard InChI is InChI=1S/C24H40O5/c1-16(10-8-12-18(3)15-25)9-7-11-17(2)13-14-20-19(4)21(26)23(28-5)24(29-6)22(20)27/h9,13,18-20,22,25,27H,7-8,10-12,14-15H2,1-6H3/t18?,19-,20-,22-/m1/s1. The number of carbonyl (C=O) groups excluding carboxylic acids is 1. The van der Waals surface area contributed by atoms with Gasteiger partial charge in [0.2, 0.25) is 11.5 Å². The minimum atomic E-state index is -0.838. The Morgan fingerprint density at radius 1 is 1.14 bits per heavy atom. The molecule has 5 nitrogen and oxygen atoms in total. The summed E-state index contributed by atoms with van der Waals surface area (Å²) in [5.74, 6) is 0.119. The lowest BCUT2D eigenvalue weighted by molar-refractivity contribution is -0.128. The number of ketones is 1. The predicted molar refractivity (Wildman–Crippen MR) is 116 cm³/mol. The second kappa shape index (κ2) is 12.9. The number of allylic oxidation sites excluding steroid dienone is 5. The maximum Gasteiger partial charge on any atom is 0.204 e. The molecule has 5 heteroatoms. The van der Waals surface area contributed by atoms with Gasteiger partial charge in [0.15, 0.2) is 5.76 Å². The molecular formula is C24H40O5. The van der Waals surface area contributed by atoms with E-state index in [-0.39, 0.29) is 35.7 Å². The van der Waals surface area contributed by atoms with Crippen LogP contribution in [0.2, 0.25) is 0 Å². The maximum atomic E-state index is 12.5. The first kappa shape index (κ1) is 25.4. The summed E-state index contributed by atoms with van der Waals surface area (Å²) in [5, 5.41) is 19.7. The SMILES string of the molecule is COC1=C(OC)[C@H](O)[C@H](CC=C(C)CCC=C(C)CCCC(C)CO)[C@@H](C)C1=O. The molecule has 0 spiro atoms. The molecule has 0 saturated carbocycles. The first-order valence-electron chi connectivity index (χ1n) is 10.7. The number of aliphatic hydroxyl groups is 2. The van der Waals surface area contributed by atoms with Crippen molar-refractivity contribution in [3.63, 3.8) is 0 Å². The Hall–Kier alpha value is -1.59. The molecule has 29 heavy (non-hydrogen) atoms. The Bertz CT molecular complexity index is 617. The van der Waals surface area contributed by atoms with Crippen LogP contribution < -0.4 is 0 Å². The summed E-state index contributed by atoms with van der Waals surface area (Å²) in [7, 11) is 2.89. The fraction of sp³-hybridized carbons (Fsp3) is 0.708. The van der Waals surface area contributed by atoms with Gasteiger partial charge in [0, 0.05) is 18.4 Å². The smallest absolute Gasteiger partial charge is 0.204 e.